The van der Waals surface area contributed by atoms with Gasteiger partial charge in [-0.25, -0.2) is 16.0 Å². The number of dihydropyridines is 1. The fourth-order valence-electron chi connectivity index (χ4n) is 4.73. The van der Waals surface area contributed by atoms with E-state index >= 15 is 0 Å². The lowest BCUT2D eigenvalue weighted by Gasteiger charge is -2.31. The zero-order valence-electron chi connectivity index (χ0n) is 28.6. The van der Waals surface area contributed by atoms with Gasteiger partial charge in [0.1, 0.15) is 5.84 Å². The molecule has 1 saturated carbocycles. The van der Waals surface area contributed by atoms with Crippen LogP contribution in [0, 0.1) is 11.8 Å². The van der Waals surface area contributed by atoms with Crippen LogP contribution in [0.3, 0.4) is 0 Å². The molecule has 7 nitrogen and oxygen atoms in total. The maximum absolute atomic E-state index is 12.4. The van der Waals surface area contributed by atoms with Gasteiger partial charge in [0.15, 0.2) is 0 Å². The minimum atomic E-state index is -4.79. The van der Waals surface area contributed by atoms with Crippen molar-refractivity contribution in [2.45, 2.75) is 78.7 Å². The monoisotopic (exact) mass is 671 g/mol. The average Bonchev–Trinajstić information content (AvgIpc) is 3.83. The van der Waals surface area contributed by atoms with Crippen LogP contribution in [0.4, 0.5) is 26.3 Å². The maximum atomic E-state index is 12.4. The molecule has 1 fully saturated rings. The third kappa shape index (κ3) is 16.3. The molecule has 0 saturated heterocycles. The number of nitrogens with zero attached hydrogens (tertiary/aromatic N) is 4. The maximum Gasteiger partial charge on any atom is 0.416 e. The molecule has 0 spiro atoms. The van der Waals surface area contributed by atoms with E-state index in [9.17, 15) is 26.3 Å². The molecule has 1 aromatic rings. The van der Waals surface area contributed by atoms with Crippen LogP contribution in [0.15, 0.2) is 81.3 Å². The average molecular weight is 672 g/mol. The summed E-state index contributed by atoms with van der Waals surface area (Å²) in [6.07, 6.45) is 4.96. The molecule has 264 valence electrons. The zero-order valence-corrected chi connectivity index (χ0v) is 28.6. The number of allylic oxidation sites excluding steroid dienone is 5. The SMILES string of the molecule is C=C/C=C\C(C)=C1/CC=C(C)C(N(CC(C)CCC)CC2CC2)=N1.CN=NNNC.CNCc1cc(C(F)(F)F)cc(C(F)(F)F)c1. The van der Waals surface area contributed by atoms with Crippen molar-refractivity contribution in [1.29, 1.82) is 0 Å². The van der Waals surface area contributed by atoms with E-state index in [2.05, 4.69) is 77.9 Å². The summed E-state index contributed by atoms with van der Waals surface area (Å²) in [6, 6.07) is 1.51. The fraction of sp³-hybridized carbons (Fsp3) is 0.559. The molecule has 0 radical (unpaired) electrons. The summed E-state index contributed by atoms with van der Waals surface area (Å²) in [6.45, 7) is 15.0. The molecule has 1 unspecified atom stereocenters. The van der Waals surface area contributed by atoms with Gasteiger partial charge in [-0.05, 0) is 86.9 Å². The van der Waals surface area contributed by atoms with Crippen LogP contribution in [-0.2, 0) is 18.9 Å². The first-order chi connectivity index (χ1) is 22.1. The molecule has 1 aliphatic heterocycles. The second kappa shape index (κ2) is 20.7. The van der Waals surface area contributed by atoms with Gasteiger partial charge in [-0.3, -0.25) is 0 Å². The van der Waals surface area contributed by atoms with Crippen molar-refractivity contribution < 1.29 is 26.3 Å². The summed E-state index contributed by atoms with van der Waals surface area (Å²) in [5.74, 6) is 2.81. The smallest absolute Gasteiger partial charge is 0.356 e. The molecule has 0 aromatic heterocycles. The number of halogens is 6. The molecule has 2 aliphatic rings. The number of rotatable bonds is 12. The lowest BCUT2D eigenvalue weighted by atomic mass is 10.0. The largest absolute Gasteiger partial charge is 0.416 e. The van der Waals surface area contributed by atoms with Crippen molar-refractivity contribution in [2.24, 2.45) is 27.2 Å². The third-order valence-electron chi connectivity index (χ3n) is 7.21. The summed E-state index contributed by atoms with van der Waals surface area (Å²) >= 11 is 0. The van der Waals surface area contributed by atoms with Gasteiger partial charge < -0.3 is 10.2 Å². The van der Waals surface area contributed by atoms with Crippen molar-refractivity contribution >= 4 is 5.84 Å². The molecule has 3 rings (SSSR count). The number of aliphatic imine (C=N–C) groups is 1. The summed E-state index contributed by atoms with van der Waals surface area (Å²) in [4.78, 5) is 7.64. The summed E-state index contributed by atoms with van der Waals surface area (Å²) in [7, 11) is 4.74. The minimum absolute atomic E-state index is 0.0605. The highest BCUT2D eigenvalue weighted by atomic mass is 19.4. The highest BCUT2D eigenvalue weighted by Crippen LogP contribution is 2.36. The first-order valence-corrected chi connectivity index (χ1v) is 15.7. The van der Waals surface area contributed by atoms with Gasteiger partial charge in [-0.15, -0.1) is 0 Å². The number of hydrogen-bond donors (Lipinski definition) is 3. The first kappa shape index (κ1) is 41.6. The number of alkyl halides is 6. The van der Waals surface area contributed by atoms with Crippen molar-refractivity contribution in [3.63, 3.8) is 0 Å². The van der Waals surface area contributed by atoms with Crippen LogP contribution in [0.1, 0.15) is 76.5 Å². The van der Waals surface area contributed by atoms with Gasteiger partial charge >= 0.3 is 12.4 Å². The summed E-state index contributed by atoms with van der Waals surface area (Å²) < 4.78 is 74.3. The van der Waals surface area contributed by atoms with E-state index in [1.807, 2.05) is 12.2 Å². The fourth-order valence-corrected chi connectivity index (χ4v) is 4.73. The molecule has 0 bridgehead atoms. The van der Waals surface area contributed by atoms with Crippen LogP contribution in [0.5, 0.6) is 0 Å². The Morgan fingerprint density at radius 2 is 1.72 bits per heavy atom. The molecular weight excluding hydrogens is 620 g/mol. The minimum Gasteiger partial charge on any atom is -0.356 e. The lowest BCUT2D eigenvalue weighted by Crippen LogP contribution is -2.38. The highest BCUT2D eigenvalue weighted by molar-refractivity contribution is 5.99. The number of hydrogen-bond acceptors (Lipinski definition) is 6. The Labute approximate surface area is 276 Å². The molecule has 1 atom stereocenters. The number of amidine groups is 1. The number of benzene rings is 1. The molecular formula is C34H51F6N7. The van der Waals surface area contributed by atoms with Crippen LogP contribution in [-0.4, -0.2) is 45.0 Å². The van der Waals surface area contributed by atoms with E-state index in [0.29, 0.717) is 12.1 Å². The van der Waals surface area contributed by atoms with E-state index in [-0.39, 0.29) is 18.2 Å². The molecule has 13 heteroatoms. The van der Waals surface area contributed by atoms with E-state index in [4.69, 9.17) is 4.99 Å². The quantitative estimate of drug-likeness (QED) is 0.0897. The second-order valence-electron chi connectivity index (χ2n) is 11.6. The van der Waals surface area contributed by atoms with Crippen LogP contribution >= 0.6 is 0 Å². The van der Waals surface area contributed by atoms with Crippen molar-refractivity contribution in [3.8, 4) is 0 Å². The van der Waals surface area contributed by atoms with Crippen molar-refractivity contribution in [3.05, 3.63) is 82.6 Å². The van der Waals surface area contributed by atoms with E-state index in [0.717, 1.165) is 24.8 Å². The Balaban J connectivity index is 0.000000417. The Kier molecular flexibility index (Phi) is 18.3. The Hall–Kier alpha value is -3.45. The summed E-state index contributed by atoms with van der Waals surface area (Å²) in [5, 5.41) is 9.24. The Morgan fingerprint density at radius 1 is 1.11 bits per heavy atom. The molecule has 1 aromatic carbocycles. The van der Waals surface area contributed by atoms with Crippen LogP contribution in [0.2, 0.25) is 0 Å². The zero-order chi connectivity index (χ0) is 35.6. The molecule has 3 N–H and O–H groups in total. The van der Waals surface area contributed by atoms with Crippen molar-refractivity contribution in [1.82, 2.24) is 21.2 Å². The molecule has 1 aliphatic carbocycles. The van der Waals surface area contributed by atoms with Crippen LogP contribution < -0.4 is 16.3 Å². The highest BCUT2D eigenvalue weighted by Gasteiger charge is 2.36. The van der Waals surface area contributed by atoms with E-state index < -0.39 is 23.5 Å². The lowest BCUT2D eigenvalue weighted by molar-refractivity contribution is -0.143. The molecule has 0 amide bonds. The van der Waals surface area contributed by atoms with Crippen LogP contribution in [0.25, 0.3) is 0 Å². The van der Waals surface area contributed by atoms with Gasteiger partial charge in [-0.2, -0.15) is 31.5 Å². The predicted molar refractivity (Wildman–Crippen MR) is 178 cm³/mol. The van der Waals surface area contributed by atoms with Gasteiger partial charge in [0.2, 0.25) is 0 Å². The third-order valence-corrected chi connectivity index (χ3v) is 7.21. The van der Waals surface area contributed by atoms with Gasteiger partial charge in [0, 0.05) is 38.8 Å². The number of hydrazine groups is 1. The normalized spacial score (nSPS) is 16.8. The van der Waals surface area contributed by atoms with Crippen molar-refractivity contribution in [2.75, 3.05) is 34.2 Å². The molecule has 1 heterocycles. The topological polar surface area (TPSA) is 76.4 Å². The van der Waals surface area contributed by atoms with E-state index in [1.165, 1.54) is 62.0 Å². The van der Waals surface area contributed by atoms with E-state index in [1.54, 1.807) is 14.1 Å². The second-order valence-corrected chi connectivity index (χ2v) is 11.6. The number of nitrogens with one attached hydrogen (secondary N) is 3. The molecule has 47 heavy (non-hydrogen) atoms. The Morgan fingerprint density at radius 3 is 2.17 bits per heavy atom. The first-order valence-electron chi connectivity index (χ1n) is 15.7. The van der Waals surface area contributed by atoms with Gasteiger partial charge in [-0.1, -0.05) is 56.4 Å². The standard InChI is InChI=1S/C22H34N2.C10H9F6N.C2H8N4/c1-6-8-10-18(4)21-14-11-19(5)22(23-21)24(16-20-12-13-20)15-17(3)9-7-2;1-17-5-6-2-7(9(11,12)13)4-8(3-6)10(14,15)16;1-3-5-6-4-2/h6,8,10-11,17,20H,1,7,9,12-16H2,2-5H3;2-4,17H,5H2,1H3;1-2H3,(H,3,6)(H,4,5)/b10-8-,21-18+;;. The Bertz CT molecular complexity index is 1230. The van der Waals surface area contributed by atoms with Gasteiger partial charge in [0.05, 0.1) is 18.2 Å². The summed E-state index contributed by atoms with van der Waals surface area (Å²) in [5.41, 5.74) is 6.08. The predicted octanol–water partition coefficient (Wildman–Crippen LogP) is 9.05. The van der Waals surface area contributed by atoms with Gasteiger partial charge in [0.25, 0.3) is 0 Å².